The number of imidazole rings is 1. The van der Waals surface area contributed by atoms with Crippen LogP contribution in [-0.2, 0) is 0 Å². The molecule has 0 aliphatic carbocycles. The zero-order chi connectivity index (χ0) is 24.6. The minimum Gasteiger partial charge on any atom is -0.370 e. The maximum absolute atomic E-state index is 13.5. The molecule has 1 saturated heterocycles. The highest BCUT2D eigenvalue weighted by Gasteiger charge is 2.17. The quantitative estimate of drug-likeness (QED) is 0.386. The number of halogens is 1. The molecular formula is C26H25ClN8O. The summed E-state index contributed by atoms with van der Waals surface area (Å²) in [5.74, 6) is 0.830. The summed E-state index contributed by atoms with van der Waals surface area (Å²) in [4.78, 5) is 29.4. The fourth-order valence-corrected chi connectivity index (χ4v) is 4.98. The molecule has 1 aliphatic heterocycles. The number of benzene rings is 2. The molecule has 6 rings (SSSR count). The normalized spacial score (nSPS) is 14.3. The Balaban J connectivity index is 1.38. The van der Waals surface area contributed by atoms with Crippen LogP contribution in [0.2, 0.25) is 5.02 Å². The van der Waals surface area contributed by atoms with Crippen LogP contribution in [0.4, 0.5) is 17.3 Å². The number of aromatic nitrogens is 5. The van der Waals surface area contributed by atoms with E-state index in [1.54, 1.807) is 35.1 Å². The lowest BCUT2D eigenvalue weighted by molar-refractivity contribution is 0.724. The van der Waals surface area contributed by atoms with Crippen molar-refractivity contribution in [3.8, 4) is 5.69 Å². The Labute approximate surface area is 212 Å². The summed E-state index contributed by atoms with van der Waals surface area (Å²) >= 11 is 6.40. The van der Waals surface area contributed by atoms with Gasteiger partial charge < -0.3 is 15.5 Å². The predicted octanol–water partition coefficient (Wildman–Crippen LogP) is 3.93. The number of anilines is 3. The molecule has 36 heavy (non-hydrogen) atoms. The van der Waals surface area contributed by atoms with Crippen molar-refractivity contribution in [1.29, 1.82) is 0 Å². The van der Waals surface area contributed by atoms with Gasteiger partial charge in [0.25, 0.3) is 5.56 Å². The van der Waals surface area contributed by atoms with E-state index >= 15 is 0 Å². The van der Waals surface area contributed by atoms with Crippen molar-refractivity contribution < 1.29 is 0 Å². The maximum atomic E-state index is 13.5. The van der Waals surface area contributed by atoms with Crippen LogP contribution in [-0.4, -0.2) is 50.1 Å². The first-order valence-electron chi connectivity index (χ1n) is 11.9. The summed E-state index contributed by atoms with van der Waals surface area (Å²) in [6, 6.07) is 13.5. The zero-order valence-electron chi connectivity index (χ0n) is 19.8. The average Bonchev–Trinajstić information content (AvgIpc) is 3.20. The van der Waals surface area contributed by atoms with Crippen LogP contribution >= 0.6 is 11.6 Å². The second kappa shape index (κ2) is 9.25. The highest BCUT2D eigenvalue weighted by atomic mass is 35.5. The number of fused-ring (bicyclic) bond motifs is 3. The van der Waals surface area contributed by atoms with Crippen molar-refractivity contribution in [1.82, 2.24) is 29.2 Å². The second-order valence-electron chi connectivity index (χ2n) is 8.84. The fraction of sp³-hybridized carbons (Fsp3) is 0.231. The second-order valence-corrected chi connectivity index (χ2v) is 9.24. The molecule has 9 nitrogen and oxygen atoms in total. The van der Waals surface area contributed by atoms with Gasteiger partial charge in [0.15, 0.2) is 5.65 Å². The topological polar surface area (TPSA) is 92.4 Å². The van der Waals surface area contributed by atoms with E-state index in [-0.39, 0.29) is 5.56 Å². The lowest BCUT2D eigenvalue weighted by Gasteiger charge is -2.24. The van der Waals surface area contributed by atoms with Gasteiger partial charge in [-0.3, -0.25) is 9.20 Å². The summed E-state index contributed by atoms with van der Waals surface area (Å²) in [6.45, 7) is 6.20. The Kier molecular flexibility index (Phi) is 5.79. The van der Waals surface area contributed by atoms with Crippen LogP contribution < -0.4 is 21.1 Å². The molecule has 2 aromatic carbocycles. The molecule has 2 N–H and O–H groups in total. The Morgan fingerprint density at radius 2 is 1.94 bits per heavy atom. The highest BCUT2D eigenvalue weighted by Crippen LogP contribution is 2.26. The van der Waals surface area contributed by atoms with Crippen LogP contribution in [0.3, 0.4) is 0 Å². The Morgan fingerprint density at radius 1 is 1.06 bits per heavy atom. The van der Waals surface area contributed by atoms with E-state index in [1.807, 2.05) is 18.2 Å². The summed E-state index contributed by atoms with van der Waals surface area (Å²) in [7, 11) is 0. The molecule has 0 saturated carbocycles. The van der Waals surface area contributed by atoms with Crippen molar-refractivity contribution in [2.75, 3.05) is 36.4 Å². The van der Waals surface area contributed by atoms with Gasteiger partial charge in [0.1, 0.15) is 5.39 Å². The Bertz CT molecular complexity index is 1630. The van der Waals surface area contributed by atoms with E-state index in [4.69, 9.17) is 11.6 Å². The van der Waals surface area contributed by atoms with E-state index in [0.29, 0.717) is 33.5 Å². The molecule has 1 fully saturated rings. The van der Waals surface area contributed by atoms with Gasteiger partial charge in [0.05, 0.1) is 10.7 Å². The van der Waals surface area contributed by atoms with Gasteiger partial charge in [-0.15, -0.1) is 0 Å². The summed E-state index contributed by atoms with van der Waals surface area (Å²) in [6.07, 6.45) is 6.09. The van der Waals surface area contributed by atoms with E-state index in [1.165, 1.54) is 15.8 Å². The van der Waals surface area contributed by atoms with Crippen molar-refractivity contribution in [3.63, 3.8) is 0 Å². The third-order valence-corrected chi connectivity index (χ3v) is 6.80. The number of nitrogens with one attached hydrogen (secondary N) is 2. The maximum Gasteiger partial charge on any atom is 0.270 e. The Hall–Kier alpha value is -3.95. The molecule has 0 bridgehead atoms. The molecule has 10 heteroatoms. The van der Waals surface area contributed by atoms with Crippen LogP contribution in [0.1, 0.15) is 12.0 Å². The third kappa shape index (κ3) is 3.96. The minimum atomic E-state index is -0.282. The monoisotopic (exact) mass is 500 g/mol. The molecule has 3 aromatic heterocycles. The molecule has 1 aliphatic rings. The first kappa shape index (κ1) is 22.5. The molecule has 0 unspecified atom stereocenters. The van der Waals surface area contributed by atoms with Crippen LogP contribution in [0.5, 0.6) is 0 Å². The van der Waals surface area contributed by atoms with Crippen molar-refractivity contribution in [3.05, 3.63) is 82.0 Å². The SMILES string of the molecule is Cc1cc(Nc2ncc3c(=O)n(-c4ccccc4Cl)c4nccn4c3n2)ccc1N1CCCNCC1. The van der Waals surface area contributed by atoms with Crippen LogP contribution in [0.15, 0.2) is 65.8 Å². The highest BCUT2D eigenvalue weighted by molar-refractivity contribution is 6.32. The third-order valence-electron chi connectivity index (χ3n) is 6.48. The van der Waals surface area contributed by atoms with E-state index < -0.39 is 0 Å². The number of rotatable bonds is 4. The molecule has 0 radical (unpaired) electrons. The van der Waals surface area contributed by atoms with Crippen molar-refractivity contribution in [2.24, 2.45) is 0 Å². The number of aryl methyl sites for hydroxylation is 1. The van der Waals surface area contributed by atoms with E-state index in [0.717, 1.165) is 38.3 Å². The first-order valence-corrected chi connectivity index (χ1v) is 12.3. The number of hydrogen-bond donors (Lipinski definition) is 2. The van der Waals surface area contributed by atoms with Gasteiger partial charge >= 0.3 is 0 Å². The fourth-order valence-electron chi connectivity index (χ4n) is 4.76. The van der Waals surface area contributed by atoms with Gasteiger partial charge in [-0.25, -0.2) is 14.5 Å². The van der Waals surface area contributed by atoms with Gasteiger partial charge in [-0.1, -0.05) is 23.7 Å². The lowest BCUT2D eigenvalue weighted by atomic mass is 10.1. The molecule has 0 atom stereocenters. The van der Waals surface area contributed by atoms with Gasteiger partial charge in [-0.2, -0.15) is 4.98 Å². The predicted molar refractivity (Wildman–Crippen MR) is 143 cm³/mol. The van der Waals surface area contributed by atoms with Gasteiger partial charge in [-0.05, 0) is 55.8 Å². The van der Waals surface area contributed by atoms with Crippen LogP contribution in [0, 0.1) is 6.92 Å². The molecule has 5 aromatic rings. The van der Waals surface area contributed by atoms with Crippen molar-refractivity contribution in [2.45, 2.75) is 13.3 Å². The molecule has 4 heterocycles. The number of nitrogens with zero attached hydrogens (tertiary/aromatic N) is 6. The number of hydrogen-bond acceptors (Lipinski definition) is 7. The molecular weight excluding hydrogens is 476 g/mol. The van der Waals surface area contributed by atoms with E-state index in [9.17, 15) is 4.79 Å². The smallest absolute Gasteiger partial charge is 0.270 e. The first-order chi connectivity index (χ1) is 17.6. The number of para-hydroxylation sites is 1. The summed E-state index contributed by atoms with van der Waals surface area (Å²) < 4.78 is 3.26. The van der Waals surface area contributed by atoms with Crippen LogP contribution in [0.25, 0.3) is 22.5 Å². The average molecular weight is 501 g/mol. The molecule has 0 spiro atoms. The summed E-state index contributed by atoms with van der Waals surface area (Å²) in [5, 5.41) is 7.57. The van der Waals surface area contributed by atoms with E-state index in [2.05, 4.69) is 49.5 Å². The standard InChI is InChI=1S/C26H25ClN8O/c1-17-15-18(7-8-21(17)33-12-4-9-28-10-13-33)31-25-30-16-19-23(32-25)34-14-11-29-26(34)35(24(19)36)22-6-3-2-5-20(22)27/h2-3,5-8,11,14-16,28H,4,9-10,12-13H2,1H3,(H,30,31,32). The van der Waals surface area contributed by atoms with Gasteiger partial charge in [0.2, 0.25) is 11.7 Å². The lowest BCUT2D eigenvalue weighted by Crippen LogP contribution is -2.28. The van der Waals surface area contributed by atoms with Crippen molar-refractivity contribution >= 4 is 45.7 Å². The van der Waals surface area contributed by atoms with Gasteiger partial charge in [0, 0.05) is 49.6 Å². The largest absolute Gasteiger partial charge is 0.370 e. The summed E-state index contributed by atoms with van der Waals surface area (Å²) in [5.41, 5.74) is 4.05. The molecule has 0 amide bonds. The zero-order valence-corrected chi connectivity index (χ0v) is 20.5. The Morgan fingerprint density at radius 3 is 2.81 bits per heavy atom. The molecule has 182 valence electrons. The minimum absolute atomic E-state index is 0.282.